The minimum absolute atomic E-state index is 0. The number of nitrogens with zero attached hydrogens (tertiary/aromatic N) is 1. The predicted octanol–water partition coefficient (Wildman–Crippen LogP) is 4.61. The fraction of sp³-hybridized carbons (Fsp3) is 0.389. The van der Waals surface area contributed by atoms with Gasteiger partial charge >= 0.3 is 0 Å². The summed E-state index contributed by atoms with van der Waals surface area (Å²) in [5.41, 5.74) is 1.06. The Morgan fingerprint density at radius 1 is 1.23 bits per heavy atom. The van der Waals surface area contributed by atoms with Gasteiger partial charge in [0.15, 0.2) is 17.5 Å². The Balaban J connectivity index is 0.00000338. The van der Waals surface area contributed by atoms with Crippen molar-refractivity contribution < 1.29 is 9.47 Å². The number of guanidine groups is 1. The summed E-state index contributed by atoms with van der Waals surface area (Å²) in [6.07, 6.45) is 0. The smallest absolute Gasteiger partial charge is 0.191 e. The average molecular weight is 554 g/mol. The molecule has 0 amide bonds. The van der Waals surface area contributed by atoms with E-state index < -0.39 is 0 Å². The van der Waals surface area contributed by atoms with Crippen LogP contribution in [-0.4, -0.2) is 33.8 Å². The number of halogens is 2. The first kappa shape index (κ1) is 23.0. The van der Waals surface area contributed by atoms with Crippen LogP contribution < -0.4 is 20.1 Å². The first-order valence-corrected chi connectivity index (χ1v) is 9.64. The van der Waals surface area contributed by atoms with Gasteiger partial charge in [-0.15, -0.1) is 35.3 Å². The lowest BCUT2D eigenvalue weighted by Crippen LogP contribution is -2.38. The van der Waals surface area contributed by atoms with Gasteiger partial charge in [0.05, 0.1) is 14.2 Å². The fourth-order valence-electron chi connectivity index (χ4n) is 2.35. The molecule has 2 aromatic rings. The molecule has 2 rings (SSSR count). The Morgan fingerprint density at radius 3 is 2.50 bits per heavy atom. The van der Waals surface area contributed by atoms with Crippen molar-refractivity contribution in [3.05, 3.63) is 44.6 Å². The third kappa shape index (κ3) is 6.31. The second-order valence-electron chi connectivity index (χ2n) is 5.52. The molecule has 1 atom stereocenters. The highest BCUT2D eigenvalue weighted by molar-refractivity contribution is 14.0. The van der Waals surface area contributed by atoms with E-state index in [9.17, 15) is 0 Å². The van der Waals surface area contributed by atoms with E-state index in [1.165, 1.54) is 4.88 Å². The number of benzene rings is 1. The van der Waals surface area contributed by atoms with Crippen LogP contribution in [0.15, 0.2) is 39.1 Å². The molecule has 144 valence electrons. The second kappa shape index (κ2) is 11.7. The summed E-state index contributed by atoms with van der Waals surface area (Å²) in [5.74, 6) is 2.61. The van der Waals surface area contributed by atoms with Crippen molar-refractivity contribution in [3.63, 3.8) is 0 Å². The molecule has 0 aliphatic rings. The minimum Gasteiger partial charge on any atom is -0.493 e. The second-order valence-corrected chi connectivity index (χ2v) is 7.36. The van der Waals surface area contributed by atoms with E-state index in [2.05, 4.69) is 56.0 Å². The number of rotatable bonds is 7. The van der Waals surface area contributed by atoms with Gasteiger partial charge in [-0.1, -0.05) is 28.9 Å². The molecular formula is C18H25BrIN3O2S. The van der Waals surface area contributed by atoms with Crippen LogP contribution in [0.4, 0.5) is 0 Å². The van der Waals surface area contributed by atoms with Crippen molar-refractivity contribution >= 4 is 57.2 Å². The molecule has 0 radical (unpaired) electrons. The summed E-state index contributed by atoms with van der Waals surface area (Å²) in [6, 6.07) is 8.11. The topological polar surface area (TPSA) is 54.9 Å². The molecule has 0 bridgehead atoms. The van der Waals surface area contributed by atoms with Gasteiger partial charge in [-0.3, -0.25) is 4.99 Å². The molecule has 5 nitrogen and oxygen atoms in total. The Kier molecular flexibility index (Phi) is 10.3. The Bertz CT molecular complexity index is 711. The number of ether oxygens (including phenoxy) is 2. The predicted molar refractivity (Wildman–Crippen MR) is 124 cm³/mol. The normalized spacial score (nSPS) is 12.1. The third-order valence-electron chi connectivity index (χ3n) is 3.83. The lowest BCUT2D eigenvalue weighted by atomic mass is 10.1. The molecule has 0 aliphatic carbocycles. The van der Waals surface area contributed by atoms with Gasteiger partial charge in [-0.2, -0.15) is 0 Å². The molecule has 1 aromatic carbocycles. The maximum atomic E-state index is 5.37. The lowest BCUT2D eigenvalue weighted by Gasteiger charge is -2.16. The highest BCUT2D eigenvalue weighted by atomic mass is 127. The zero-order chi connectivity index (χ0) is 18.2. The number of thiophene rings is 1. The zero-order valence-electron chi connectivity index (χ0n) is 15.3. The van der Waals surface area contributed by atoms with Crippen molar-refractivity contribution in [2.45, 2.75) is 19.4 Å². The van der Waals surface area contributed by atoms with Gasteiger partial charge in [-0.25, -0.2) is 0 Å². The number of hydrogen-bond acceptors (Lipinski definition) is 4. The minimum atomic E-state index is 0. The van der Waals surface area contributed by atoms with Crippen LogP contribution in [0.25, 0.3) is 0 Å². The summed E-state index contributed by atoms with van der Waals surface area (Å²) < 4.78 is 11.6. The third-order valence-corrected chi connectivity index (χ3v) is 5.67. The maximum absolute atomic E-state index is 5.37. The fourth-order valence-corrected chi connectivity index (χ4v) is 3.60. The van der Waals surface area contributed by atoms with E-state index in [0.717, 1.165) is 22.5 Å². The number of nitrogens with one attached hydrogen (secondary N) is 2. The lowest BCUT2D eigenvalue weighted by molar-refractivity contribution is 0.354. The molecule has 8 heteroatoms. The summed E-state index contributed by atoms with van der Waals surface area (Å²) in [5, 5.41) is 8.81. The van der Waals surface area contributed by atoms with Crippen molar-refractivity contribution in [1.29, 1.82) is 0 Å². The van der Waals surface area contributed by atoms with Crippen molar-refractivity contribution in [1.82, 2.24) is 10.6 Å². The molecule has 1 heterocycles. The number of methoxy groups -OCH3 is 2. The summed E-state index contributed by atoms with van der Waals surface area (Å²) in [7, 11) is 5.03. The Labute approximate surface area is 184 Å². The molecule has 0 spiro atoms. The van der Waals surface area contributed by atoms with E-state index in [4.69, 9.17) is 9.47 Å². The SMILES string of the molecule is CN=C(NCc1cc(OC)c(OC)cc1Br)NCC(C)c1cccs1.I. The molecule has 1 unspecified atom stereocenters. The summed E-state index contributed by atoms with van der Waals surface area (Å²) in [4.78, 5) is 5.66. The summed E-state index contributed by atoms with van der Waals surface area (Å²) in [6.45, 7) is 3.65. The van der Waals surface area contributed by atoms with Crippen LogP contribution in [0.5, 0.6) is 11.5 Å². The monoisotopic (exact) mass is 553 g/mol. The quantitative estimate of drug-likeness (QED) is 0.298. The molecule has 0 fully saturated rings. The highest BCUT2D eigenvalue weighted by Gasteiger charge is 2.11. The van der Waals surface area contributed by atoms with Crippen molar-refractivity contribution in [3.8, 4) is 11.5 Å². The molecular weight excluding hydrogens is 529 g/mol. The van der Waals surface area contributed by atoms with E-state index in [-0.39, 0.29) is 24.0 Å². The number of hydrogen-bond donors (Lipinski definition) is 2. The van der Waals surface area contributed by atoms with Gasteiger partial charge in [-0.05, 0) is 29.1 Å². The maximum Gasteiger partial charge on any atom is 0.191 e. The Morgan fingerprint density at radius 2 is 1.92 bits per heavy atom. The van der Waals surface area contributed by atoms with Crippen LogP contribution in [0.1, 0.15) is 23.3 Å². The van der Waals surface area contributed by atoms with Crippen molar-refractivity contribution in [2.75, 3.05) is 27.8 Å². The van der Waals surface area contributed by atoms with E-state index >= 15 is 0 Å². The standard InChI is InChI=1S/C18H24BrN3O2S.HI/c1-12(17-6-5-7-25-17)10-21-18(20-2)22-11-13-8-15(23-3)16(24-4)9-14(13)19;/h5-9,12H,10-11H2,1-4H3,(H2,20,21,22);1H. The van der Waals surface area contributed by atoms with Gasteiger partial charge in [0.2, 0.25) is 0 Å². The van der Waals surface area contributed by atoms with E-state index in [0.29, 0.717) is 24.0 Å². The first-order chi connectivity index (χ1) is 12.1. The van der Waals surface area contributed by atoms with E-state index in [1.54, 1.807) is 32.6 Å². The molecule has 26 heavy (non-hydrogen) atoms. The molecule has 0 saturated carbocycles. The molecule has 1 aromatic heterocycles. The number of aliphatic imine (C=N–C) groups is 1. The zero-order valence-corrected chi connectivity index (χ0v) is 20.1. The average Bonchev–Trinajstić information content (AvgIpc) is 3.17. The molecule has 0 aliphatic heterocycles. The highest BCUT2D eigenvalue weighted by Crippen LogP contribution is 2.33. The molecule has 2 N–H and O–H groups in total. The van der Waals surface area contributed by atoms with Crippen molar-refractivity contribution in [2.24, 2.45) is 4.99 Å². The van der Waals surface area contributed by atoms with E-state index in [1.807, 2.05) is 12.1 Å². The van der Waals surface area contributed by atoms with Crippen LogP contribution in [0, 0.1) is 0 Å². The van der Waals surface area contributed by atoms with Crippen LogP contribution in [0.2, 0.25) is 0 Å². The van der Waals surface area contributed by atoms with Gasteiger partial charge in [0.25, 0.3) is 0 Å². The van der Waals surface area contributed by atoms with Crippen LogP contribution in [0.3, 0.4) is 0 Å². The largest absolute Gasteiger partial charge is 0.493 e. The summed E-state index contributed by atoms with van der Waals surface area (Å²) >= 11 is 5.36. The van der Waals surface area contributed by atoms with Gasteiger partial charge in [0, 0.05) is 35.4 Å². The van der Waals surface area contributed by atoms with Crippen LogP contribution in [-0.2, 0) is 6.54 Å². The molecule has 0 saturated heterocycles. The Hall–Kier alpha value is -1.000. The van der Waals surface area contributed by atoms with Gasteiger partial charge in [0.1, 0.15) is 0 Å². The van der Waals surface area contributed by atoms with Gasteiger partial charge < -0.3 is 20.1 Å². The first-order valence-electron chi connectivity index (χ1n) is 7.97. The van der Waals surface area contributed by atoms with Crippen LogP contribution >= 0.6 is 51.2 Å².